The Morgan fingerprint density at radius 1 is 1.19 bits per heavy atom. The largest absolute Gasteiger partial charge is 0.487 e. The second-order valence-corrected chi connectivity index (χ2v) is 5.74. The zero-order valence-corrected chi connectivity index (χ0v) is 14.0. The predicted molar refractivity (Wildman–Crippen MR) is 87.3 cm³/mol. The van der Waals surface area contributed by atoms with Gasteiger partial charge in [0.2, 0.25) is 0 Å². The smallest absolute Gasteiger partial charge is 0.142 e. The Kier molecular flexibility index (Phi) is 6.03. The summed E-state index contributed by atoms with van der Waals surface area (Å²) in [4.78, 5) is 0. The standard InChI is InChI=1S/C16H16BrClFNO/c1-2-20-9-11-5-3-7-13(17)16(11)21-10-12-6-4-8-14(19)15(12)18/h3-8,20H,2,9-10H2,1H3. The van der Waals surface area contributed by atoms with Gasteiger partial charge < -0.3 is 10.1 Å². The molecular formula is C16H16BrClFNO. The minimum atomic E-state index is -0.433. The molecule has 5 heteroatoms. The average Bonchev–Trinajstić information content (AvgIpc) is 2.48. The van der Waals surface area contributed by atoms with Crippen LogP contribution in [0.2, 0.25) is 5.02 Å². The van der Waals surface area contributed by atoms with E-state index in [0.717, 1.165) is 22.3 Å². The van der Waals surface area contributed by atoms with Crippen molar-refractivity contribution in [1.29, 1.82) is 0 Å². The van der Waals surface area contributed by atoms with Gasteiger partial charge in [0.1, 0.15) is 18.2 Å². The molecule has 1 N–H and O–H groups in total. The summed E-state index contributed by atoms with van der Waals surface area (Å²) in [5, 5.41) is 3.37. The molecule has 21 heavy (non-hydrogen) atoms. The molecule has 0 saturated heterocycles. The molecule has 0 aliphatic rings. The second-order valence-electron chi connectivity index (χ2n) is 4.51. The lowest BCUT2D eigenvalue weighted by molar-refractivity contribution is 0.299. The number of ether oxygens (including phenoxy) is 1. The first-order valence-electron chi connectivity index (χ1n) is 6.67. The third-order valence-corrected chi connectivity index (χ3v) is 4.07. The molecular weight excluding hydrogens is 357 g/mol. The van der Waals surface area contributed by atoms with Crippen molar-refractivity contribution in [1.82, 2.24) is 5.32 Å². The zero-order chi connectivity index (χ0) is 15.2. The molecule has 112 valence electrons. The highest BCUT2D eigenvalue weighted by Crippen LogP contribution is 2.31. The summed E-state index contributed by atoms with van der Waals surface area (Å²) in [6, 6.07) is 10.6. The van der Waals surface area contributed by atoms with E-state index in [0.29, 0.717) is 12.1 Å². The molecule has 0 atom stereocenters. The van der Waals surface area contributed by atoms with Crippen LogP contribution in [-0.4, -0.2) is 6.54 Å². The van der Waals surface area contributed by atoms with Crippen LogP contribution >= 0.6 is 27.5 Å². The summed E-state index contributed by atoms with van der Waals surface area (Å²) in [5.74, 6) is 0.316. The Balaban J connectivity index is 2.17. The highest BCUT2D eigenvalue weighted by Gasteiger charge is 2.11. The summed E-state index contributed by atoms with van der Waals surface area (Å²) in [5.41, 5.74) is 1.67. The molecule has 2 aromatic carbocycles. The molecule has 0 aliphatic heterocycles. The molecule has 0 aliphatic carbocycles. The van der Waals surface area contributed by atoms with Gasteiger partial charge in [0, 0.05) is 17.7 Å². The quantitative estimate of drug-likeness (QED) is 0.776. The molecule has 0 unspecified atom stereocenters. The monoisotopic (exact) mass is 371 g/mol. The zero-order valence-electron chi connectivity index (χ0n) is 11.6. The number of nitrogens with one attached hydrogen (secondary N) is 1. The molecule has 2 rings (SSSR count). The van der Waals surface area contributed by atoms with Crippen molar-refractivity contribution in [3.8, 4) is 5.75 Å². The fourth-order valence-corrected chi connectivity index (χ4v) is 2.63. The maximum Gasteiger partial charge on any atom is 0.142 e. The molecule has 0 radical (unpaired) electrons. The molecule has 0 heterocycles. The van der Waals surface area contributed by atoms with Crippen LogP contribution in [0.4, 0.5) is 4.39 Å². The molecule has 0 spiro atoms. The van der Waals surface area contributed by atoms with Crippen LogP contribution in [0.1, 0.15) is 18.1 Å². The van der Waals surface area contributed by atoms with Crippen LogP contribution in [0, 0.1) is 5.82 Å². The van der Waals surface area contributed by atoms with Crippen molar-refractivity contribution in [2.24, 2.45) is 0 Å². The van der Waals surface area contributed by atoms with E-state index < -0.39 is 5.82 Å². The summed E-state index contributed by atoms with van der Waals surface area (Å²) < 4.78 is 20.1. The summed E-state index contributed by atoms with van der Waals surface area (Å²) >= 11 is 9.43. The van der Waals surface area contributed by atoms with Gasteiger partial charge in [-0.1, -0.05) is 42.8 Å². The van der Waals surface area contributed by atoms with E-state index >= 15 is 0 Å². The summed E-state index contributed by atoms with van der Waals surface area (Å²) in [6.07, 6.45) is 0. The van der Waals surface area contributed by atoms with Crippen molar-refractivity contribution in [2.75, 3.05) is 6.54 Å². The van der Waals surface area contributed by atoms with Crippen LogP contribution in [-0.2, 0) is 13.2 Å². The third kappa shape index (κ3) is 4.19. The van der Waals surface area contributed by atoms with Gasteiger partial charge >= 0.3 is 0 Å². The van der Waals surface area contributed by atoms with E-state index in [1.165, 1.54) is 6.07 Å². The number of rotatable bonds is 6. The van der Waals surface area contributed by atoms with Crippen LogP contribution in [0.15, 0.2) is 40.9 Å². The maximum atomic E-state index is 13.4. The van der Waals surface area contributed by atoms with E-state index in [4.69, 9.17) is 16.3 Å². The van der Waals surface area contributed by atoms with E-state index in [9.17, 15) is 4.39 Å². The topological polar surface area (TPSA) is 21.3 Å². The van der Waals surface area contributed by atoms with E-state index in [1.54, 1.807) is 12.1 Å². The summed E-state index contributed by atoms with van der Waals surface area (Å²) in [7, 11) is 0. The molecule has 0 saturated carbocycles. The maximum absolute atomic E-state index is 13.4. The highest BCUT2D eigenvalue weighted by atomic mass is 79.9. The van der Waals surface area contributed by atoms with Gasteiger partial charge in [-0.3, -0.25) is 0 Å². The van der Waals surface area contributed by atoms with Gasteiger partial charge in [0.25, 0.3) is 0 Å². The van der Waals surface area contributed by atoms with Crippen molar-refractivity contribution in [3.63, 3.8) is 0 Å². The lowest BCUT2D eigenvalue weighted by atomic mass is 10.2. The van der Waals surface area contributed by atoms with Gasteiger partial charge in [-0.25, -0.2) is 4.39 Å². The van der Waals surface area contributed by atoms with E-state index in [2.05, 4.69) is 21.2 Å². The third-order valence-electron chi connectivity index (χ3n) is 3.02. The molecule has 0 aromatic heterocycles. The first kappa shape index (κ1) is 16.3. The van der Waals surface area contributed by atoms with Crippen LogP contribution in [0.25, 0.3) is 0 Å². The normalized spacial score (nSPS) is 10.7. The second kappa shape index (κ2) is 7.78. The van der Waals surface area contributed by atoms with E-state index in [1.807, 2.05) is 25.1 Å². The van der Waals surface area contributed by atoms with Crippen molar-refractivity contribution < 1.29 is 9.13 Å². The Hall–Kier alpha value is -1.10. The van der Waals surface area contributed by atoms with Gasteiger partial charge in [-0.2, -0.15) is 0 Å². The van der Waals surface area contributed by atoms with E-state index in [-0.39, 0.29) is 11.6 Å². The van der Waals surface area contributed by atoms with Gasteiger partial charge in [0.15, 0.2) is 0 Å². The first-order valence-corrected chi connectivity index (χ1v) is 7.84. The van der Waals surface area contributed by atoms with Crippen molar-refractivity contribution in [2.45, 2.75) is 20.1 Å². The lowest BCUT2D eigenvalue weighted by Crippen LogP contribution is -2.13. The van der Waals surface area contributed by atoms with Crippen LogP contribution in [0.5, 0.6) is 5.75 Å². The molecule has 2 nitrogen and oxygen atoms in total. The number of benzene rings is 2. The number of para-hydroxylation sites is 1. The minimum Gasteiger partial charge on any atom is -0.487 e. The van der Waals surface area contributed by atoms with Gasteiger partial charge in [-0.05, 0) is 34.6 Å². The number of hydrogen-bond acceptors (Lipinski definition) is 2. The van der Waals surface area contributed by atoms with Crippen molar-refractivity contribution >= 4 is 27.5 Å². The van der Waals surface area contributed by atoms with Crippen LogP contribution < -0.4 is 10.1 Å². The number of hydrogen-bond donors (Lipinski definition) is 1. The highest BCUT2D eigenvalue weighted by molar-refractivity contribution is 9.10. The summed E-state index contributed by atoms with van der Waals surface area (Å²) in [6.45, 7) is 3.85. The Morgan fingerprint density at radius 3 is 2.67 bits per heavy atom. The SMILES string of the molecule is CCNCc1cccc(Br)c1OCc1cccc(F)c1Cl. The van der Waals surface area contributed by atoms with Crippen molar-refractivity contribution in [3.05, 3.63) is 62.8 Å². The molecule has 0 bridgehead atoms. The average molecular weight is 373 g/mol. The predicted octanol–water partition coefficient (Wildman–Crippen LogP) is 4.93. The van der Waals surface area contributed by atoms with Gasteiger partial charge in [0.05, 0.1) is 9.50 Å². The minimum absolute atomic E-state index is 0.109. The Morgan fingerprint density at radius 2 is 1.90 bits per heavy atom. The Labute approximate surface area is 137 Å². The molecule has 2 aromatic rings. The molecule has 0 amide bonds. The first-order chi connectivity index (χ1) is 10.1. The fraction of sp³-hybridized carbons (Fsp3) is 0.250. The molecule has 0 fully saturated rings. The lowest BCUT2D eigenvalue weighted by Gasteiger charge is -2.14. The Bertz CT molecular complexity index is 621. The van der Waals surface area contributed by atoms with Crippen LogP contribution in [0.3, 0.4) is 0 Å². The van der Waals surface area contributed by atoms with Gasteiger partial charge in [-0.15, -0.1) is 0 Å². The fourth-order valence-electron chi connectivity index (χ4n) is 1.92. The number of halogens is 3.